The maximum Gasteiger partial charge on any atom is 0.303 e. The molecule has 1 rings (SSSR count). The first-order chi connectivity index (χ1) is 8.18. The summed E-state index contributed by atoms with van der Waals surface area (Å²) in [6.45, 7) is 2.58. The summed E-state index contributed by atoms with van der Waals surface area (Å²) in [6, 6.07) is 3.99. The molecule has 0 fully saturated rings. The van der Waals surface area contributed by atoms with E-state index in [0.29, 0.717) is 13.0 Å². The number of aryl methyl sites for hydroxylation is 1. The lowest BCUT2D eigenvalue weighted by molar-refractivity contribution is -0.137. The van der Waals surface area contributed by atoms with Crippen LogP contribution >= 0.6 is 0 Å². The minimum Gasteiger partial charge on any atom is -0.481 e. The van der Waals surface area contributed by atoms with Crippen LogP contribution in [0.15, 0.2) is 24.5 Å². The highest BCUT2D eigenvalue weighted by molar-refractivity contribution is 5.66. The number of nitrogens with zero attached hydrogens (tertiary/aromatic N) is 1. The van der Waals surface area contributed by atoms with Crippen molar-refractivity contribution in [2.24, 2.45) is 0 Å². The van der Waals surface area contributed by atoms with Crippen molar-refractivity contribution in [1.82, 2.24) is 4.98 Å². The van der Waals surface area contributed by atoms with Gasteiger partial charge in [-0.25, -0.2) is 0 Å². The van der Waals surface area contributed by atoms with Crippen molar-refractivity contribution in [1.29, 1.82) is 0 Å². The van der Waals surface area contributed by atoms with Crippen LogP contribution in [0.5, 0.6) is 0 Å². The minimum absolute atomic E-state index is 0.0172. The van der Waals surface area contributed by atoms with Gasteiger partial charge in [0.15, 0.2) is 0 Å². The molecule has 0 aliphatic heterocycles. The molecular formula is C13H19NO3. The predicted octanol–water partition coefficient (Wildman–Crippen LogP) is 2.28. The first kappa shape index (κ1) is 13.6. The van der Waals surface area contributed by atoms with Crippen LogP contribution in [0.4, 0.5) is 0 Å². The second-order valence-corrected chi connectivity index (χ2v) is 4.07. The van der Waals surface area contributed by atoms with Crippen LogP contribution < -0.4 is 0 Å². The van der Waals surface area contributed by atoms with E-state index in [9.17, 15) is 4.79 Å². The summed E-state index contributed by atoms with van der Waals surface area (Å²) >= 11 is 0. The van der Waals surface area contributed by atoms with Gasteiger partial charge < -0.3 is 9.84 Å². The Labute approximate surface area is 102 Å². The smallest absolute Gasteiger partial charge is 0.303 e. The molecule has 0 saturated heterocycles. The molecule has 94 valence electrons. The summed E-state index contributed by atoms with van der Waals surface area (Å²) < 4.78 is 5.54. The largest absolute Gasteiger partial charge is 0.481 e. The molecule has 0 aliphatic rings. The van der Waals surface area contributed by atoms with Crippen LogP contribution in [0.1, 0.15) is 31.7 Å². The average Bonchev–Trinajstić information content (AvgIpc) is 2.33. The third kappa shape index (κ3) is 6.68. The van der Waals surface area contributed by atoms with Crippen molar-refractivity contribution in [3.05, 3.63) is 30.1 Å². The van der Waals surface area contributed by atoms with Gasteiger partial charge in [-0.2, -0.15) is 0 Å². The maximum absolute atomic E-state index is 10.4. The Balaban J connectivity index is 2.06. The lowest BCUT2D eigenvalue weighted by Gasteiger charge is -2.11. The van der Waals surface area contributed by atoms with Crippen LogP contribution in [0.25, 0.3) is 0 Å². The Hall–Kier alpha value is -1.42. The van der Waals surface area contributed by atoms with Crippen molar-refractivity contribution >= 4 is 5.97 Å². The van der Waals surface area contributed by atoms with E-state index >= 15 is 0 Å². The monoisotopic (exact) mass is 237 g/mol. The second-order valence-electron chi connectivity index (χ2n) is 4.07. The summed E-state index contributed by atoms with van der Waals surface area (Å²) in [5.74, 6) is -0.766. The molecule has 1 heterocycles. The Bertz CT molecular complexity index is 327. The van der Waals surface area contributed by atoms with E-state index in [1.165, 1.54) is 5.56 Å². The molecule has 0 amide bonds. The Morgan fingerprint density at radius 2 is 2.18 bits per heavy atom. The molecule has 4 nitrogen and oxygen atoms in total. The van der Waals surface area contributed by atoms with Crippen molar-refractivity contribution in [3.8, 4) is 0 Å². The van der Waals surface area contributed by atoms with Gasteiger partial charge in [0.25, 0.3) is 0 Å². The number of aliphatic carboxylic acids is 1. The summed E-state index contributed by atoms with van der Waals surface area (Å²) in [5.41, 5.74) is 1.25. The lowest BCUT2D eigenvalue weighted by atomic mass is 10.1. The SMILES string of the molecule is CC(CCC(=O)O)OCCCc1ccncc1. The van der Waals surface area contributed by atoms with Gasteiger partial charge in [-0.1, -0.05) is 0 Å². The molecule has 0 radical (unpaired) electrons. The van der Waals surface area contributed by atoms with Gasteiger partial charge in [0, 0.05) is 25.4 Å². The third-order valence-electron chi connectivity index (χ3n) is 2.53. The Morgan fingerprint density at radius 1 is 1.47 bits per heavy atom. The molecule has 0 aromatic carbocycles. The zero-order chi connectivity index (χ0) is 12.5. The predicted molar refractivity (Wildman–Crippen MR) is 64.8 cm³/mol. The number of pyridine rings is 1. The molecule has 0 saturated carbocycles. The standard InChI is InChI=1S/C13H19NO3/c1-11(4-5-13(15)16)17-10-2-3-12-6-8-14-9-7-12/h6-9,11H,2-5,10H2,1H3,(H,15,16). The second kappa shape index (κ2) is 7.79. The fraction of sp³-hybridized carbons (Fsp3) is 0.538. The van der Waals surface area contributed by atoms with Gasteiger partial charge in [-0.3, -0.25) is 9.78 Å². The lowest BCUT2D eigenvalue weighted by Crippen LogP contribution is -2.11. The fourth-order valence-electron chi connectivity index (χ4n) is 1.52. The van der Waals surface area contributed by atoms with Crippen LogP contribution in [-0.4, -0.2) is 28.8 Å². The van der Waals surface area contributed by atoms with Crippen LogP contribution in [0.3, 0.4) is 0 Å². The molecule has 4 heteroatoms. The first-order valence-corrected chi connectivity index (χ1v) is 5.91. The highest BCUT2D eigenvalue weighted by atomic mass is 16.5. The number of carboxylic acids is 1. The van der Waals surface area contributed by atoms with Crippen LogP contribution in [0, 0.1) is 0 Å². The van der Waals surface area contributed by atoms with Gasteiger partial charge >= 0.3 is 5.97 Å². The maximum atomic E-state index is 10.4. The summed E-state index contributed by atoms with van der Waals surface area (Å²) in [4.78, 5) is 14.3. The quantitative estimate of drug-likeness (QED) is 0.705. The van der Waals surface area contributed by atoms with Crippen molar-refractivity contribution in [3.63, 3.8) is 0 Å². The number of hydrogen-bond donors (Lipinski definition) is 1. The minimum atomic E-state index is -0.766. The van der Waals surface area contributed by atoms with E-state index in [4.69, 9.17) is 9.84 Å². The molecule has 1 aromatic rings. The van der Waals surface area contributed by atoms with E-state index in [1.807, 2.05) is 19.1 Å². The number of hydrogen-bond acceptors (Lipinski definition) is 3. The Morgan fingerprint density at radius 3 is 2.82 bits per heavy atom. The zero-order valence-electron chi connectivity index (χ0n) is 10.1. The molecule has 17 heavy (non-hydrogen) atoms. The third-order valence-corrected chi connectivity index (χ3v) is 2.53. The molecule has 1 atom stereocenters. The molecule has 1 unspecified atom stereocenters. The van der Waals surface area contributed by atoms with E-state index in [-0.39, 0.29) is 12.5 Å². The summed E-state index contributed by atoms with van der Waals surface area (Å²) in [5, 5.41) is 8.52. The number of rotatable bonds is 8. The van der Waals surface area contributed by atoms with E-state index in [0.717, 1.165) is 12.8 Å². The van der Waals surface area contributed by atoms with Crippen LogP contribution in [-0.2, 0) is 16.0 Å². The summed E-state index contributed by atoms with van der Waals surface area (Å²) in [6.07, 6.45) is 6.24. The van der Waals surface area contributed by atoms with E-state index < -0.39 is 5.97 Å². The van der Waals surface area contributed by atoms with Gasteiger partial charge in [-0.05, 0) is 43.9 Å². The summed E-state index contributed by atoms with van der Waals surface area (Å²) in [7, 11) is 0. The topological polar surface area (TPSA) is 59.4 Å². The molecule has 1 aromatic heterocycles. The average molecular weight is 237 g/mol. The van der Waals surface area contributed by atoms with Gasteiger partial charge in [0.1, 0.15) is 0 Å². The highest BCUT2D eigenvalue weighted by Crippen LogP contribution is 2.05. The molecule has 0 bridgehead atoms. The van der Waals surface area contributed by atoms with Gasteiger partial charge in [0.2, 0.25) is 0 Å². The van der Waals surface area contributed by atoms with Crippen molar-refractivity contribution in [2.45, 2.75) is 38.7 Å². The van der Waals surface area contributed by atoms with Crippen molar-refractivity contribution in [2.75, 3.05) is 6.61 Å². The number of carbonyl (C=O) groups is 1. The fourth-order valence-corrected chi connectivity index (χ4v) is 1.52. The number of ether oxygens (including phenoxy) is 1. The molecule has 1 N–H and O–H groups in total. The van der Waals surface area contributed by atoms with Gasteiger partial charge in [-0.15, -0.1) is 0 Å². The molecule has 0 aliphatic carbocycles. The zero-order valence-corrected chi connectivity index (χ0v) is 10.1. The normalized spacial score (nSPS) is 12.3. The van der Waals surface area contributed by atoms with E-state index in [1.54, 1.807) is 12.4 Å². The van der Waals surface area contributed by atoms with Crippen LogP contribution in [0.2, 0.25) is 0 Å². The number of carboxylic acid groups (broad SMARTS) is 1. The molecule has 0 spiro atoms. The first-order valence-electron chi connectivity index (χ1n) is 5.91. The molecular weight excluding hydrogens is 218 g/mol. The van der Waals surface area contributed by atoms with E-state index in [2.05, 4.69) is 4.98 Å². The highest BCUT2D eigenvalue weighted by Gasteiger charge is 2.05. The van der Waals surface area contributed by atoms with Gasteiger partial charge in [0.05, 0.1) is 6.10 Å². The number of aromatic nitrogens is 1. The van der Waals surface area contributed by atoms with Crippen molar-refractivity contribution < 1.29 is 14.6 Å². The Kier molecular flexibility index (Phi) is 6.25.